The van der Waals surface area contributed by atoms with E-state index in [2.05, 4.69) is 5.32 Å². The van der Waals surface area contributed by atoms with E-state index in [1.807, 2.05) is 62.4 Å². The van der Waals surface area contributed by atoms with E-state index < -0.39 is 0 Å². The Hall–Kier alpha value is -2.82. The van der Waals surface area contributed by atoms with Crippen LogP contribution >= 0.6 is 0 Å². The molecule has 0 spiro atoms. The largest absolute Gasteiger partial charge is 0.494 e. The molecule has 0 aliphatic carbocycles. The van der Waals surface area contributed by atoms with Gasteiger partial charge >= 0.3 is 0 Å². The number of ether oxygens (including phenoxy) is 1. The molecule has 2 aromatic carbocycles. The van der Waals surface area contributed by atoms with E-state index in [9.17, 15) is 9.59 Å². The molecule has 5 heteroatoms. The monoisotopic (exact) mass is 338 g/mol. The molecule has 1 heterocycles. The van der Waals surface area contributed by atoms with Crippen LogP contribution in [0, 0.1) is 12.8 Å². The van der Waals surface area contributed by atoms with Crippen molar-refractivity contribution in [1.82, 2.24) is 0 Å². The second kappa shape index (κ2) is 7.38. The lowest BCUT2D eigenvalue weighted by Crippen LogP contribution is -2.28. The molecule has 1 fully saturated rings. The second-order valence-corrected chi connectivity index (χ2v) is 6.19. The zero-order valence-electron chi connectivity index (χ0n) is 14.5. The number of aryl methyl sites for hydroxylation is 1. The van der Waals surface area contributed by atoms with E-state index in [0.29, 0.717) is 13.2 Å². The third kappa shape index (κ3) is 3.99. The van der Waals surface area contributed by atoms with Gasteiger partial charge in [-0.2, -0.15) is 0 Å². The first-order chi connectivity index (χ1) is 12.1. The normalized spacial score (nSPS) is 16.8. The number of carbonyl (C=O) groups excluding carboxylic acids is 2. The quantitative estimate of drug-likeness (QED) is 0.909. The summed E-state index contributed by atoms with van der Waals surface area (Å²) in [5, 5.41) is 2.91. The number of hydrogen-bond donors (Lipinski definition) is 1. The van der Waals surface area contributed by atoms with Crippen molar-refractivity contribution in [2.75, 3.05) is 23.4 Å². The van der Waals surface area contributed by atoms with Crippen LogP contribution in [0.15, 0.2) is 48.5 Å². The predicted molar refractivity (Wildman–Crippen MR) is 97.9 cm³/mol. The van der Waals surface area contributed by atoms with E-state index >= 15 is 0 Å². The fourth-order valence-corrected chi connectivity index (χ4v) is 2.99. The van der Waals surface area contributed by atoms with Crippen molar-refractivity contribution in [3.63, 3.8) is 0 Å². The molecule has 1 saturated heterocycles. The van der Waals surface area contributed by atoms with Crippen LogP contribution in [0.5, 0.6) is 5.75 Å². The third-order valence-corrected chi connectivity index (χ3v) is 4.24. The molecular formula is C20H22N2O3. The Morgan fingerprint density at radius 2 is 2.00 bits per heavy atom. The van der Waals surface area contributed by atoms with Crippen LogP contribution in [0.25, 0.3) is 0 Å². The van der Waals surface area contributed by atoms with Crippen molar-refractivity contribution in [3.05, 3.63) is 54.1 Å². The van der Waals surface area contributed by atoms with Gasteiger partial charge in [0.05, 0.1) is 12.5 Å². The molecule has 0 aromatic heterocycles. The number of rotatable bonds is 5. The minimum absolute atomic E-state index is 0.0337. The molecule has 1 N–H and O–H groups in total. The summed E-state index contributed by atoms with van der Waals surface area (Å²) in [5.41, 5.74) is 2.63. The zero-order chi connectivity index (χ0) is 17.8. The molecule has 1 atom stereocenters. The van der Waals surface area contributed by atoms with Gasteiger partial charge in [0.2, 0.25) is 11.8 Å². The molecular weight excluding hydrogens is 316 g/mol. The molecule has 130 valence electrons. The maximum Gasteiger partial charge on any atom is 0.229 e. The predicted octanol–water partition coefficient (Wildman–Crippen LogP) is 3.39. The Kier molecular flexibility index (Phi) is 5.03. The topological polar surface area (TPSA) is 58.6 Å². The summed E-state index contributed by atoms with van der Waals surface area (Å²) in [7, 11) is 0. The molecule has 0 radical (unpaired) electrons. The number of anilines is 2. The van der Waals surface area contributed by atoms with Crippen LogP contribution in [0.2, 0.25) is 0 Å². The lowest BCUT2D eigenvalue weighted by molar-refractivity contribution is -0.122. The molecule has 0 bridgehead atoms. The van der Waals surface area contributed by atoms with E-state index in [1.165, 1.54) is 0 Å². The second-order valence-electron chi connectivity index (χ2n) is 6.19. The first kappa shape index (κ1) is 17.0. The molecule has 5 nitrogen and oxygen atoms in total. The summed E-state index contributed by atoms with van der Waals surface area (Å²) in [4.78, 5) is 26.5. The average molecular weight is 338 g/mol. The van der Waals surface area contributed by atoms with Crippen LogP contribution < -0.4 is 15.0 Å². The SMILES string of the molecule is CCOc1ccc(N2CC(C(=O)Nc3cccc(C)c3)CC2=O)cc1. The molecule has 3 rings (SSSR count). The highest BCUT2D eigenvalue weighted by Crippen LogP contribution is 2.27. The van der Waals surface area contributed by atoms with Gasteiger partial charge in [-0.15, -0.1) is 0 Å². The van der Waals surface area contributed by atoms with Crippen LogP contribution in [-0.2, 0) is 9.59 Å². The Labute approximate surface area is 147 Å². The summed E-state index contributed by atoms with van der Waals surface area (Å²) in [6.07, 6.45) is 0.227. The van der Waals surface area contributed by atoms with Crippen LogP contribution in [-0.4, -0.2) is 25.0 Å². The minimum Gasteiger partial charge on any atom is -0.494 e. The summed E-state index contributed by atoms with van der Waals surface area (Å²) in [6.45, 7) is 4.89. The highest BCUT2D eigenvalue weighted by Gasteiger charge is 2.35. The fraction of sp³-hybridized carbons (Fsp3) is 0.300. The van der Waals surface area contributed by atoms with Crippen molar-refractivity contribution >= 4 is 23.2 Å². The van der Waals surface area contributed by atoms with Gasteiger partial charge < -0.3 is 15.0 Å². The van der Waals surface area contributed by atoms with Gasteiger partial charge in [-0.1, -0.05) is 12.1 Å². The van der Waals surface area contributed by atoms with Crippen LogP contribution in [0.3, 0.4) is 0 Å². The highest BCUT2D eigenvalue weighted by molar-refractivity contribution is 6.03. The van der Waals surface area contributed by atoms with Crippen molar-refractivity contribution in [2.45, 2.75) is 20.3 Å². The van der Waals surface area contributed by atoms with Gasteiger partial charge in [0.1, 0.15) is 5.75 Å². The lowest BCUT2D eigenvalue weighted by Gasteiger charge is -2.17. The van der Waals surface area contributed by atoms with Gasteiger partial charge in [0.25, 0.3) is 0 Å². The molecule has 2 aromatic rings. The molecule has 25 heavy (non-hydrogen) atoms. The van der Waals surface area contributed by atoms with Gasteiger partial charge in [0, 0.05) is 24.3 Å². The summed E-state index contributed by atoms with van der Waals surface area (Å²) in [6, 6.07) is 15.0. The maximum atomic E-state index is 12.5. The van der Waals surface area contributed by atoms with Crippen LogP contribution in [0.1, 0.15) is 18.9 Å². The molecule has 1 aliphatic heterocycles. The number of carbonyl (C=O) groups is 2. The smallest absolute Gasteiger partial charge is 0.229 e. The van der Waals surface area contributed by atoms with Gasteiger partial charge in [0.15, 0.2) is 0 Å². The molecule has 1 aliphatic rings. The Bertz CT molecular complexity index is 771. The number of benzene rings is 2. The third-order valence-electron chi connectivity index (χ3n) is 4.24. The van der Waals surface area contributed by atoms with Crippen LogP contribution in [0.4, 0.5) is 11.4 Å². The highest BCUT2D eigenvalue weighted by atomic mass is 16.5. The van der Waals surface area contributed by atoms with Crippen molar-refractivity contribution in [3.8, 4) is 5.75 Å². The number of nitrogens with zero attached hydrogens (tertiary/aromatic N) is 1. The lowest BCUT2D eigenvalue weighted by atomic mass is 10.1. The Balaban J connectivity index is 1.66. The van der Waals surface area contributed by atoms with Crippen molar-refractivity contribution in [1.29, 1.82) is 0 Å². The first-order valence-corrected chi connectivity index (χ1v) is 8.47. The van der Waals surface area contributed by atoms with E-state index in [4.69, 9.17) is 4.74 Å². The average Bonchev–Trinajstić information content (AvgIpc) is 2.98. The van der Waals surface area contributed by atoms with E-state index in [0.717, 1.165) is 22.7 Å². The number of amides is 2. The standard InChI is InChI=1S/C20H22N2O3/c1-3-25-18-9-7-17(8-10-18)22-13-15(12-19(22)23)20(24)21-16-6-4-5-14(2)11-16/h4-11,15H,3,12-13H2,1-2H3,(H,21,24). The fourth-order valence-electron chi connectivity index (χ4n) is 2.99. The molecule has 2 amide bonds. The van der Waals surface area contributed by atoms with Gasteiger partial charge in [-0.3, -0.25) is 9.59 Å². The molecule has 1 unspecified atom stereocenters. The summed E-state index contributed by atoms with van der Waals surface area (Å²) in [5.74, 6) is 0.271. The summed E-state index contributed by atoms with van der Waals surface area (Å²) < 4.78 is 5.42. The molecule has 0 saturated carbocycles. The van der Waals surface area contributed by atoms with Crippen molar-refractivity contribution in [2.24, 2.45) is 5.92 Å². The maximum absolute atomic E-state index is 12.5. The summed E-state index contributed by atoms with van der Waals surface area (Å²) >= 11 is 0. The zero-order valence-corrected chi connectivity index (χ0v) is 14.5. The Morgan fingerprint density at radius 3 is 2.68 bits per heavy atom. The number of nitrogens with one attached hydrogen (secondary N) is 1. The number of hydrogen-bond acceptors (Lipinski definition) is 3. The Morgan fingerprint density at radius 1 is 1.24 bits per heavy atom. The van der Waals surface area contributed by atoms with Crippen molar-refractivity contribution < 1.29 is 14.3 Å². The van der Waals surface area contributed by atoms with E-state index in [-0.39, 0.29) is 24.2 Å². The van der Waals surface area contributed by atoms with E-state index in [1.54, 1.807) is 4.90 Å². The first-order valence-electron chi connectivity index (χ1n) is 8.47. The van der Waals surface area contributed by atoms with Gasteiger partial charge in [-0.25, -0.2) is 0 Å². The minimum atomic E-state index is -0.348. The van der Waals surface area contributed by atoms with Gasteiger partial charge in [-0.05, 0) is 55.8 Å².